The first-order valence-corrected chi connectivity index (χ1v) is 6.33. The molecule has 0 fully saturated rings. The minimum absolute atomic E-state index is 0.176. The molecule has 3 heteroatoms. The first-order chi connectivity index (χ1) is 8.38. The van der Waals surface area contributed by atoms with Gasteiger partial charge in [0, 0.05) is 0 Å². The van der Waals surface area contributed by atoms with Crippen LogP contribution in [0.15, 0.2) is 24.3 Å². The minimum atomic E-state index is -0.872. The van der Waals surface area contributed by atoms with Gasteiger partial charge in [-0.2, -0.15) is 0 Å². The Morgan fingerprint density at radius 2 is 2.00 bits per heavy atom. The van der Waals surface area contributed by atoms with E-state index in [2.05, 4.69) is 13.8 Å². The molecule has 1 rings (SSSR count). The second-order valence-electron chi connectivity index (χ2n) is 5.32. The third-order valence-corrected chi connectivity index (χ3v) is 3.23. The van der Waals surface area contributed by atoms with Crippen LogP contribution in [-0.4, -0.2) is 17.7 Å². The molecule has 3 nitrogen and oxygen atoms in total. The Morgan fingerprint density at radius 1 is 1.39 bits per heavy atom. The average Bonchev–Trinajstić information content (AvgIpc) is 2.35. The Balaban J connectivity index is 2.82. The molecule has 1 atom stereocenters. The number of rotatable bonds is 6. The number of aliphatic carboxylic acids is 1. The number of hydrogen-bond donors (Lipinski definition) is 1. The molecule has 0 saturated carbocycles. The quantitative estimate of drug-likeness (QED) is 0.837. The summed E-state index contributed by atoms with van der Waals surface area (Å²) in [7, 11) is 0. The number of para-hydroxylation sites is 1. The maximum absolute atomic E-state index is 11.0. The predicted octanol–water partition coefficient (Wildman–Crippen LogP) is 3.69. The molecule has 0 bridgehead atoms. The van der Waals surface area contributed by atoms with Gasteiger partial charge in [-0.25, -0.2) is 0 Å². The van der Waals surface area contributed by atoms with Crippen molar-refractivity contribution in [3.8, 4) is 5.75 Å². The second kappa shape index (κ2) is 5.89. The molecule has 1 aromatic rings. The highest BCUT2D eigenvalue weighted by Gasteiger charge is 2.28. The molecule has 0 radical (unpaired) electrons. The highest BCUT2D eigenvalue weighted by atomic mass is 16.5. The monoisotopic (exact) mass is 250 g/mol. The first-order valence-electron chi connectivity index (χ1n) is 6.33. The topological polar surface area (TPSA) is 46.5 Å². The lowest BCUT2D eigenvalue weighted by Gasteiger charge is -2.22. The van der Waals surface area contributed by atoms with Gasteiger partial charge in [-0.05, 0) is 37.8 Å². The van der Waals surface area contributed by atoms with Crippen LogP contribution in [0.5, 0.6) is 5.75 Å². The van der Waals surface area contributed by atoms with Gasteiger partial charge in [-0.15, -0.1) is 0 Å². The number of carboxylic acids is 1. The zero-order valence-corrected chi connectivity index (χ0v) is 11.6. The molecule has 1 unspecified atom stereocenters. The highest BCUT2D eigenvalue weighted by molar-refractivity contribution is 5.73. The summed E-state index contributed by atoms with van der Waals surface area (Å²) < 4.78 is 5.71. The van der Waals surface area contributed by atoms with E-state index in [1.54, 1.807) is 13.8 Å². The summed E-state index contributed by atoms with van der Waals surface area (Å²) in [5.74, 6) is 0.360. The minimum Gasteiger partial charge on any atom is -0.492 e. The Morgan fingerprint density at radius 3 is 2.56 bits per heavy atom. The number of hydrogen-bond acceptors (Lipinski definition) is 2. The molecule has 1 aromatic carbocycles. The van der Waals surface area contributed by atoms with Crippen LogP contribution in [0.25, 0.3) is 0 Å². The van der Waals surface area contributed by atoms with E-state index in [0.29, 0.717) is 5.92 Å². The number of benzene rings is 1. The molecule has 1 N–H and O–H groups in total. The summed E-state index contributed by atoms with van der Waals surface area (Å²) in [6.07, 6.45) is 1.03. The lowest BCUT2D eigenvalue weighted by atomic mass is 9.95. The van der Waals surface area contributed by atoms with Crippen LogP contribution in [0.4, 0.5) is 0 Å². The molecule has 0 heterocycles. The van der Waals surface area contributed by atoms with Crippen molar-refractivity contribution in [2.45, 2.75) is 40.0 Å². The van der Waals surface area contributed by atoms with Gasteiger partial charge in [0.15, 0.2) is 0 Å². The van der Waals surface area contributed by atoms with Crippen LogP contribution in [0.2, 0.25) is 0 Å². The van der Waals surface area contributed by atoms with E-state index in [9.17, 15) is 4.79 Å². The molecule has 100 valence electrons. The van der Waals surface area contributed by atoms with Crippen LogP contribution < -0.4 is 4.74 Å². The lowest BCUT2D eigenvalue weighted by Crippen LogP contribution is -2.30. The van der Waals surface area contributed by atoms with Crippen molar-refractivity contribution in [3.05, 3.63) is 29.8 Å². The van der Waals surface area contributed by atoms with Crippen molar-refractivity contribution in [3.63, 3.8) is 0 Å². The van der Waals surface area contributed by atoms with E-state index in [0.717, 1.165) is 17.7 Å². The van der Waals surface area contributed by atoms with E-state index in [1.165, 1.54) is 0 Å². The van der Waals surface area contributed by atoms with Gasteiger partial charge < -0.3 is 9.84 Å². The van der Waals surface area contributed by atoms with Gasteiger partial charge in [0.2, 0.25) is 0 Å². The summed E-state index contributed by atoms with van der Waals surface area (Å²) in [6, 6.07) is 7.84. The summed E-state index contributed by atoms with van der Waals surface area (Å²) in [6.45, 7) is 7.78. The van der Waals surface area contributed by atoms with Crippen molar-refractivity contribution in [2.75, 3.05) is 6.61 Å². The number of carboxylic acid groups (broad SMARTS) is 1. The van der Waals surface area contributed by atoms with Gasteiger partial charge in [0.25, 0.3) is 0 Å². The standard InChI is InChI=1S/C15H22O3/c1-5-11(2)12-8-6-7-9-13(12)18-10-15(3,4)14(16)17/h6-9,11H,5,10H2,1-4H3,(H,16,17). The largest absolute Gasteiger partial charge is 0.492 e. The molecular formula is C15H22O3. The van der Waals surface area contributed by atoms with Gasteiger partial charge in [0.05, 0.1) is 5.41 Å². The van der Waals surface area contributed by atoms with E-state index in [1.807, 2.05) is 24.3 Å². The Bertz CT molecular complexity index is 410. The molecule has 0 saturated heterocycles. The summed E-state index contributed by atoms with van der Waals surface area (Å²) in [5.41, 5.74) is 0.268. The smallest absolute Gasteiger partial charge is 0.312 e. The molecule has 0 aliphatic carbocycles. The summed E-state index contributed by atoms with van der Waals surface area (Å²) >= 11 is 0. The van der Waals surface area contributed by atoms with E-state index >= 15 is 0 Å². The third-order valence-electron chi connectivity index (χ3n) is 3.23. The highest BCUT2D eigenvalue weighted by Crippen LogP contribution is 2.29. The normalized spacial score (nSPS) is 13.1. The van der Waals surface area contributed by atoms with Gasteiger partial charge in [0.1, 0.15) is 12.4 Å². The first kappa shape index (κ1) is 14.6. The van der Waals surface area contributed by atoms with Crippen molar-refractivity contribution in [2.24, 2.45) is 5.41 Å². The predicted molar refractivity (Wildman–Crippen MR) is 72.1 cm³/mol. The second-order valence-corrected chi connectivity index (χ2v) is 5.32. The molecule has 0 amide bonds. The molecule has 0 spiro atoms. The van der Waals surface area contributed by atoms with E-state index in [4.69, 9.17) is 9.84 Å². The van der Waals surface area contributed by atoms with Crippen LogP contribution in [0.1, 0.15) is 45.6 Å². The molecular weight excluding hydrogens is 228 g/mol. The van der Waals surface area contributed by atoms with Crippen molar-refractivity contribution >= 4 is 5.97 Å². The van der Waals surface area contributed by atoms with Crippen LogP contribution in [0.3, 0.4) is 0 Å². The Kier molecular flexibility index (Phi) is 4.76. The maximum Gasteiger partial charge on any atom is 0.312 e. The van der Waals surface area contributed by atoms with E-state index in [-0.39, 0.29) is 6.61 Å². The van der Waals surface area contributed by atoms with Crippen LogP contribution >= 0.6 is 0 Å². The zero-order chi connectivity index (χ0) is 13.8. The van der Waals surface area contributed by atoms with Crippen molar-refractivity contribution in [1.82, 2.24) is 0 Å². The molecule has 18 heavy (non-hydrogen) atoms. The van der Waals surface area contributed by atoms with Gasteiger partial charge in [-0.1, -0.05) is 32.0 Å². The Labute approximate surface area is 109 Å². The molecule has 0 aliphatic rings. The van der Waals surface area contributed by atoms with Crippen molar-refractivity contribution < 1.29 is 14.6 Å². The maximum atomic E-state index is 11.0. The number of carbonyl (C=O) groups is 1. The van der Waals surface area contributed by atoms with E-state index < -0.39 is 11.4 Å². The third kappa shape index (κ3) is 3.49. The molecule has 0 aliphatic heterocycles. The fourth-order valence-electron chi connectivity index (χ4n) is 1.56. The number of ether oxygens (including phenoxy) is 1. The summed E-state index contributed by atoms with van der Waals surface area (Å²) in [5, 5.41) is 9.06. The fourth-order valence-corrected chi connectivity index (χ4v) is 1.56. The zero-order valence-electron chi connectivity index (χ0n) is 11.6. The lowest BCUT2D eigenvalue weighted by molar-refractivity contribution is -0.148. The van der Waals surface area contributed by atoms with Gasteiger partial charge in [-0.3, -0.25) is 4.79 Å². The van der Waals surface area contributed by atoms with Crippen molar-refractivity contribution in [1.29, 1.82) is 0 Å². The van der Waals surface area contributed by atoms with Gasteiger partial charge >= 0.3 is 5.97 Å². The average molecular weight is 250 g/mol. The van der Waals surface area contributed by atoms with Crippen LogP contribution in [-0.2, 0) is 4.79 Å². The SMILES string of the molecule is CCC(C)c1ccccc1OCC(C)(C)C(=O)O. The molecule has 0 aromatic heterocycles. The Hall–Kier alpha value is -1.51. The summed E-state index contributed by atoms with van der Waals surface area (Å²) in [4.78, 5) is 11.0. The van der Waals surface area contributed by atoms with Crippen LogP contribution in [0, 0.1) is 5.41 Å². The fraction of sp³-hybridized carbons (Fsp3) is 0.533.